The van der Waals surface area contributed by atoms with Crippen molar-refractivity contribution in [3.8, 4) is 0 Å². The van der Waals surface area contributed by atoms with Crippen LogP contribution in [0.15, 0.2) is 41.4 Å². The van der Waals surface area contributed by atoms with Crippen LogP contribution in [0.4, 0.5) is 32.0 Å². The quantitative estimate of drug-likeness (QED) is 0.237. The standard InChI is InChI=1S/C21H20F6N2O2/c1-4-29(3)12-28-18-10-17(21(25,26)27)16(9-13(18)2)19(30)31-11-14-5-7-15(8-6-14)20(22,23)24/h5-10,12H,4,11H2,1-3H3. The van der Waals surface area contributed by atoms with Crippen molar-refractivity contribution in [3.05, 3.63) is 64.2 Å². The van der Waals surface area contributed by atoms with Crippen molar-refractivity contribution in [2.24, 2.45) is 4.99 Å². The average molecular weight is 446 g/mol. The van der Waals surface area contributed by atoms with Gasteiger partial charge in [-0.15, -0.1) is 0 Å². The lowest BCUT2D eigenvalue weighted by Crippen LogP contribution is -2.16. The summed E-state index contributed by atoms with van der Waals surface area (Å²) >= 11 is 0. The number of hydrogen-bond donors (Lipinski definition) is 0. The van der Waals surface area contributed by atoms with Crippen molar-refractivity contribution < 1.29 is 35.9 Å². The Morgan fingerprint density at radius 2 is 1.68 bits per heavy atom. The van der Waals surface area contributed by atoms with Gasteiger partial charge < -0.3 is 9.64 Å². The van der Waals surface area contributed by atoms with E-state index in [-0.39, 0.29) is 11.3 Å². The molecule has 0 bridgehead atoms. The second-order valence-corrected chi connectivity index (χ2v) is 6.77. The first kappa shape index (κ1) is 24.2. The number of benzene rings is 2. The van der Waals surface area contributed by atoms with E-state index in [9.17, 15) is 31.1 Å². The highest BCUT2D eigenvalue weighted by Gasteiger charge is 2.36. The lowest BCUT2D eigenvalue weighted by atomic mass is 10.0. The molecular weight excluding hydrogens is 426 g/mol. The molecule has 0 unspecified atom stereocenters. The minimum atomic E-state index is -4.84. The SMILES string of the molecule is CCN(C)C=Nc1cc(C(F)(F)F)c(C(=O)OCc2ccc(C(F)(F)F)cc2)cc1C. The largest absolute Gasteiger partial charge is 0.457 e. The summed E-state index contributed by atoms with van der Waals surface area (Å²) in [6.07, 6.45) is -7.98. The fraction of sp³-hybridized carbons (Fsp3) is 0.333. The maximum Gasteiger partial charge on any atom is 0.417 e. The first-order chi connectivity index (χ1) is 14.3. The van der Waals surface area contributed by atoms with Gasteiger partial charge in [0.1, 0.15) is 6.61 Å². The van der Waals surface area contributed by atoms with Gasteiger partial charge in [-0.25, -0.2) is 9.79 Å². The first-order valence-electron chi connectivity index (χ1n) is 9.12. The molecule has 0 amide bonds. The number of carbonyl (C=O) groups is 1. The highest BCUT2D eigenvalue weighted by molar-refractivity contribution is 5.92. The van der Waals surface area contributed by atoms with Crippen LogP contribution < -0.4 is 0 Å². The average Bonchev–Trinajstić information content (AvgIpc) is 2.69. The summed E-state index contributed by atoms with van der Waals surface area (Å²) in [6, 6.07) is 5.59. The minimum absolute atomic E-state index is 0.0481. The molecule has 0 spiro atoms. The third-order valence-corrected chi connectivity index (χ3v) is 4.41. The number of esters is 1. The maximum absolute atomic E-state index is 13.5. The van der Waals surface area contributed by atoms with Crippen molar-refractivity contribution in [2.45, 2.75) is 32.8 Å². The molecule has 0 aromatic heterocycles. The summed E-state index contributed by atoms with van der Waals surface area (Å²) in [5.41, 5.74) is -2.21. The van der Waals surface area contributed by atoms with E-state index < -0.39 is 41.6 Å². The van der Waals surface area contributed by atoms with Gasteiger partial charge in [-0.2, -0.15) is 26.3 Å². The van der Waals surface area contributed by atoms with Crippen molar-refractivity contribution in [3.63, 3.8) is 0 Å². The molecule has 0 aliphatic carbocycles. The first-order valence-corrected chi connectivity index (χ1v) is 9.12. The molecule has 168 valence electrons. The Bertz CT molecular complexity index is 950. The van der Waals surface area contributed by atoms with E-state index in [1.54, 1.807) is 11.9 Å². The molecule has 0 N–H and O–H groups in total. The monoisotopic (exact) mass is 446 g/mol. The summed E-state index contributed by atoms with van der Waals surface area (Å²) in [4.78, 5) is 18.0. The third-order valence-electron chi connectivity index (χ3n) is 4.41. The lowest BCUT2D eigenvalue weighted by Gasteiger charge is -2.15. The number of nitrogens with zero attached hydrogens (tertiary/aromatic N) is 2. The normalized spacial score (nSPS) is 12.3. The van der Waals surface area contributed by atoms with Gasteiger partial charge in [-0.05, 0) is 49.2 Å². The number of halogens is 6. The number of hydrogen-bond acceptors (Lipinski definition) is 3. The molecule has 4 nitrogen and oxygen atoms in total. The minimum Gasteiger partial charge on any atom is -0.457 e. The van der Waals surface area contributed by atoms with E-state index in [0.29, 0.717) is 12.1 Å². The Morgan fingerprint density at radius 3 is 2.19 bits per heavy atom. The fourth-order valence-electron chi connectivity index (χ4n) is 2.50. The Balaban J connectivity index is 2.26. The Morgan fingerprint density at radius 1 is 1.06 bits per heavy atom. The van der Waals surface area contributed by atoms with Crippen LogP contribution in [0.1, 0.15) is 39.5 Å². The van der Waals surface area contributed by atoms with Crippen LogP contribution in [0, 0.1) is 6.92 Å². The molecule has 0 aliphatic rings. The highest BCUT2D eigenvalue weighted by Crippen LogP contribution is 2.36. The molecule has 31 heavy (non-hydrogen) atoms. The zero-order valence-corrected chi connectivity index (χ0v) is 16.9. The molecule has 0 fully saturated rings. The molecular formula is C21H20F6N2O2. The Hall–Kier alpha value is -3.04. The summed E-state index contributed by atoms with van der Waals surface area (Å²) in [5.74, 6) is -1.24. The van der Waals surface area contributed by atoms with E-state index in [4.69, 9.17) is 4.74 Å². The number of aryl methyl sites for hydroxylation is 1. The molecule has 0 radical (unpaired) electrons. The van der Waals surface area contributed by atoms with Gasteiger partial charge in [-0.1, -0.05) is 12.1 Å². The van der Waals surface area contributed by atoms with Gasteiger partial charge >= 0.3 is 18.3 Å². The smallest absolute Gasteiger partial charge is 0.417 e. The zero-order chi connectivity index (χ0) is 23.4. The lowest BCUT2D eigenvalue weighted by molar-refractivity contribution is -0.138. The van der Waals surface area contributed by atoms with E-state index in [2.05, 4.69) is 4.99 Å². The van der Waals surface area contributed by atoms with Gasteiger partial charge in [0.2, 0.25) is 0 Å². The van der Waals surface area contributed by atoms with E-state index >= 15 is 0 Å². The summed E-state index contributed by atoms with van der Waals surface area (Å²) in [6.45, 7) is 3.47. The van der Waals surface area contributed by atoms with Crippen molar-refractivity contribution in [1.82, 2.24) is 4.90 Å². The van der Waals surface area contributed by atoms with E-state index in [0.717, 1.165) is 36.4 Å². The molecule has 2 aromatic carbocycles. The Kier molecular flexibility index (Phi) is 7.35. The summed E-state index contributed by atoms with van der Waals surface area (Å²) < 4.78 is 83.3. The molecule has 0 saturated heterocycles. The molecule has 0 aliphatic heterocycles. The van der Waals surface area contributed by atoms with Gasteiger partial charge in [0, 0.05) is 13.6 Å². The van der Waals surface area contributed by atoms with Gasteiger partial charge in [-0.3, -0.25) is 0 Å². The molecule has 2 rings (SSSR count). The Labute approximate surface area is 175 Å². The van der Waals surface area contributed by atoms with Crippen LogP contribution in [-0.4, -0.2) is 30.8 Å². The van der Waals surface area contributed by atoms with Gasteiger partial charge in [0.15, 0.2) is 0 Å². The predicted octanol–water partition coefficient (Wildman–Crippen LogP) is 6.00. The zero-order valence-electron chi connectivity index (χ0n) is 16.9. The van der Waals surface area contributed by atoms with Crippen molar-refractivity contribution in [1.29, 1.82) is 0 Å². The van der Waals surface area contributed by atoms with Crippen LogP contribution >= 0.6 is 0 Å². The molecule has 0 atom stereocenters. The van der Waals surface area contributed by atoms with Crippen LogP contribution in [0.25, 0.3) is 0 Å². The molecule has 2 aromatic rings. The molecule has 0 heterocycles. The van der Waals surface area contributed by atoms with Crippen molar-refractivity contribution >= 4 is 18.0 Å². The van der Waals surface area contributed by atoms with E-state index in [1.165, 1.54) is 13.3 Å². The van der Waals surface area contributed by atoms with Crippen molar-refractivity contribution in [2.75, 3.05) is 13.6 Å². The van der Waals surface area contributed by atoms with Gasteiger partial charge in [0.05, 0.1) is 28.7 Å². The fourth-order valence-corrected chi connectivity index (χ4v) is 2.50. The van der Waals surface area contributed by atoms with Crippen LogP contribution in [0.2, 0.25) is 0 Å². The second kappa shape index (κ2) is 9.40. The van der Waals surface area contributed by atoms with Crippen LogP contribution in [-0.2, 0) is 23.7 Å². The van der Waals surface area contributed by atoms with E-state index in [1.807, 2.05) is 6.92 Å². The molecule has 10 heteroatoms. The number of alkyl halides is 6. The summed E-state index contributed by atoms with van der Waals surface area (Å²) in [5, 5.41) is 0. The third kappa shape index (κ3) is 6.47. The van der Waals surface area contributed by atoms with Crippen LogP contribution in [0.3, 0.4) is 0 Å². The number of carbonyl (C=O) groups excluding carboxylic acids is 1. The number of ether oxygens (including phenoxy) is 1. The highest BCUT2D eigenvalue weighted by atomic mass is 19.4. The number of rotatable bonds is 6. The van der Waals surface area contributed by atoms with Gasteiger partial charge in [0.25, 0.3) is 0 Å². The second-order valence-electron chi connectivity index (χ2n) is 6.77. The maximum atomic E-state index is 13.5. The predicted molar refractivity (Wildman–Crippen MR) is 103 cm³/mol. The molecule has 0 saturated carbocycles. The number of aliphatic imine (C=N–C) groups is 1. The topological polar surface area (TPSA) is 41.9 Å². The summed E-state index contributed by atoms with van der Waals surface area (Å²) in [7, 11) is 1.70. The van der Waals surface area contributed by atoms with Crippen LogP contribution in [0.5, 0.6) is 0 Å².